The lowest BCUT2D eigenvalue weighted by Gasteiger charge is -2.13. The maximum atomic E-state index is 11.6. The third-order valence-electron chi connectivity index (χ3n) is 4.21. The van der Waals surface area contributed by atoms with Crippen molar-refractivity contribution in [1.82, 2.24) is 0 Å². The molecule has 1 aromatic heterocycles. The summed E-state index contributed by atoms with van der Waals surface area (Å²) in [5, 5.41) is 9.77. The van der Waals surface area contributed by atoms with E-state index in [-0.39, 0.29) is 5.97 Å². The molecule has 0 aliphatic heterocycles. The molecule has 0 fully saturated rings. The molecule has 1 atom stereocenters. The van der Waals surface area contributed by atoms with Gasteiger partial charge >= 0.3 is 5.97 Å². The molecule has 124 valence electrons. The van der Waals surface area contributed by atoms with Gasteiger partial charge in [0.2, 0.25) is 0 Å². The van der Waals surface area contributed by atoms with Crippen LogP contribution in [0.25, 0.3) is 0 Å². The fourth-order valence-corrected chi connectivity index (χ4v) is 3.89. The lowest BCUT2D eigenvalue weighted by Crippen LogP contribution is -1.99. The molecule has 0 radical (unpaired) electrons. The molecule has 0 saturated heterocycles. The van der Waals surface area contributed by atoms with Gasteiger partial charge in [0.1, 0.15) is 10.6 Å². The molecular formula is C19H24O3S. The van der Waals surface area contributed by atoms with Crippen molar-refractivity contribution in [2.24, 2.45) is 0 Å². The van der Waals surface area contributed by atoms with Crippen LogP contribution in [0.2, 0.25) is 0 Å². The Hall–Kier alpha value is -1.81. The molecule has 23 heavy (non-hydrogen) atoms. The maximum absolute atomic E-state index is 11.6. The highest BCUT2D eigenvalue weighted by Gasteiger charge is 2.16. The van der Waals surface area contributed by atoms with E-state index in [1.54, 1.807) is 6.07 Å². The van der Waals surface area contributed by atoms with Crippen LogP contribution in [-0.4, -0.2) is 18.2 Å². The van der Waals surface area contributed by atoms with E-state index in [0.29, 0.717) is 16.5 Å². The summed E-state index contributed by atoms with van der Waals surface area (Å²) in [7, 11) is 1.41. The number of benzene rings is 1. The minimum Gasteiger partial charge on any atom is -0.508 e. The fraction of sp³-hybridized carbons (Fsp3) is 0.421. The molecular weight excluding hydrogens is 308 g/mol. The van der Waals surface area contributed by atoms with E-state index in [1.165, 1.54) is 28.9 Å². The molecule has 0 aliphatic rings. The van der Waals surface area contributed by atoms with E-state index in [9.17, 15) is 9.90 Å². The maximum Gasteiger partial charge on any atom is 0.348 e. The van der Waals surface area contributed by atoms with Crippen LogP contribution in [-0.2, 0) is 17.6 Å². The van der Waals surface area contributed by atoms with E-state index >= 15 is 0 Å². The average Bonchev–Trinajstić information content (AvgIpc) is 3.06. The SMILES string of the molecule is CCc1cc(CCC(CC)c2ccc(C(=O)OC)s2)ccc1O. The quantitative estimate of drug-likeness (QED) is 0.731. The summed E-state index contributed by atoms with van der Waals surface area (Å²) in [5.41, 5.74) is 2.25. The number of rotatable bonds is 7. The van der Waals surface area contributed by atoms with Gasteiger partial charge in [-0.3, -0.25) is 0 Å². The van der Waals surface area contributed by atoms with Gasteiger partial charge in [-0.05, 0) is 60.9 Å². The van der Waals surface area contributed by atoms with Crippen LogP contribution >= 0.6 is 11.3 Å². The highest BCUT2D eigenvalue weighted by atomic mass is 32.1. The zero-order valence-electron chi connectivity index (χ0n) is 14.0. The van der Waals surface area contributed by atoms with E-state index in [2.05, 4.69) is 13.0 Å². The summed E-state index contributed by atoms with van der Waals surface area (Å²) in [6.45, 7) is 4.23. The molecule has 1 heterocycles. The monoisotopic (exact) mass is 332 g/mol. The Morgan fingerprint density at radius 2 is 2.04 bits per heavy atom. The van der Waals surface area contributed by atoms with Crippen molar-refractivity contribution in [2.45, 2.75) is 45.4 Å². The summed E-state index contributed by atoms with van der Waals surface area (Å²) in [6.07, 6.45) is 3.88. The Morgan fingerprint density at radius 3 is 2.70 bits per heavy atom. The molecule has 3 nitrogen and oxygen atoms in total. The second kappa shape index (κ2) is 8.16. The third kappa shape index (κ3) is 4.35. The molecule has 1 aromatic carbocycles. The Labute approximate surface area is 141 Å². The standard InChI is InChI=1S/C19H24O3S/c1-4-14(17-10-11-18(23-17)19(21)22-3)8-6-13-7-9-16(20)15(5-2)12-13/h7,9-12,14,20H,4-6,8H2,1-3H3. The van der Waals surface area contributed by atoms with Crippen molar-refractivity contribution < 1.29 is 14.6 Å². The van der Waals surface area contributed by atoms with Gasteiger partial charge < -0.3 is 9.84 Å². The second-order valence-electron chi connectivity index (χ2n) is 5.65. The van der Waals surface area contributed by atoms with Gasteiger partial charge in [-0.1, -0.05) is 26.0 Å². The van der Waals surface area contributed by atoms with Gasteiger partial charge in [0, 0.05) is 4.88 Å². The number of phenolic OH excluding ortho intramolecular Hbond substituents is 1. The Morgan fingerprint density at radius 1 is 1.26 bits per heavy atom. The molecule has 0 bridgehead atoms. The van der Waals surface area contributed by atoms with Crippen LogP contribution in [0.5, 0.6) is 5.75 Å². The Bertz CT molecular complexity index is 660. The predicted octanol–water partition coefficient (Wildman–Crippen LogP) is 4.93. The zero-order valence-corrected chi connectivity index (χ0v) is 14.8. The van der Waals surface area contributed by atoms with E-state index in [4.69, 9.17) is 4.74 Å². The van der Waals surface area contributed by atoms with Gasteiger partial charge in [-0.25, -0.2) is 4.79 Å². The largest absolute Gasteiger partial charge is 0.508 e. The second-order valence-corrected chi connectivity index (χ2v) is 6.77. The number of aromatic hydroxyl groups is 1. The van der Waals surface area contributed by atoms with Gasteiger partial charge in [0.25, 0.3) is 0 Å². The number of hydrogen-bond donors (Lipinski definition) is 1. The first-order chi connectivity index (χ1) is 11.1. The fourth-order valence-electron chi connectivity index (χ4n) is 2.75. The van der Waals surface area contributed by atoms with Crippen LogP contribution in [0, 0.1) is 0 Å². The number of thiophene rings is 1. The van der Waals surface area contributed by atoms with Crippen molar-refractivity contribution in [3.63, 3.8) is 0 Å². The molecule has 1 unspecified atom stereocenters. The van der Waals surface area contributed by atoms with Crippen LogP contribution in [0.1, 0.15) is 58.3 Å². The molecule has 0 saturated carbocycles. The van der Waals surface area contributed by atoms with Gasteiger partial charge in [0.15, 0.2) is 0 Å². The van der Waals surface area contributed by atoms with Crippen LogP contribution in [0.3, 0.4) is 0 Å². The number of ether oxygens (including phenoxy) is 1. The highest BCUT2D eigenvalue weighted by Crippen LogP contribution is 2.32. The lowest BCUT2D eigenvalue weighted by molar-refractivity contribution is 0.0606. The topological polar surface area (TPSA) is 46.5 Å². The number of hydrogen-bond acceptors (Lipinski definition) is 4. The predicted molar refractivity (Wildman–Crippen MR) is 94.5 cm³/mol. The van der Waals surface area contributed by atoms with Crippen LogP contribution < -0.4 is 0 Å². The minimum atomic E-state index is -0.262. The number of phenols is 1. The molecule has 0 spiro atoms. The van der Waals surface area contributed by atoms with Crippen LogP contribution in [0.15, 0.2) is 30.3 Å². The molecule has 0 amide bonds. The van der Waals surface area contributed by atoms with Gasteiger partial charge in [-0.15, -0.1) is 11.3 Å². The number of methoxy groups -OCH3 is 1. The smallest absolute Gasteiger partial charge is 0.348 e. The van der Waals surface area contributed by atoms with E-state index in [0.717, 1.165) is 31.2 Å². The van der Waals surface area contributed by atoms with Crippen molar-refractivity contribution in [1.29, 1.82) is 0 Å². The van der Waals surface area contributed by atoms with Crippen LogP contribution in [0.4, 0.5) is 0 Å². The van der Waals surface area contributed by atoms with Crippen molar-refractivity contribution in [2.75, 3.05) is 7.11 Å². The number of carbonyl (C=O) groups is 1. The van der Waals surface area contributed by atoms with Gasteiger partial charge in [-0.2, -0.15) is 0 Å². The first-order valence-electron chi connectivity index (χ1n) is 8.07. The summed E-state index contributed by atoms with van der Waals surface area (Å²) >= 11 is 1.53. The normalized spacial score (nSPS) is 12.1. The van der Waals surface area contributed by atoms with E-state index < -0.39 is 0 Å². The minimum absolute atomic E-state index is 0.262. The van der Waals surface area contributed by atoms with Crippen molar-refractivity contribution >= 4 is 17.3 Å². The number of esters is 1. The number of aryl methyl sites for hydroxylation is 2. The average molecular weight is 332 g/mol. The Balaban J connectivity index is 2.05. The van der Waals surface area contributed by atoms with E-state index in [1.807, 2.05) is 25.1 Å². The highest BCUT2D eigenvalue weighted by molar-refractivity contribution is 7.14. The summed E-state index contributed by atoms with van der Waals surface area (Å²) in [4.78, 5) is 13.5. The lowest BCUT2D eigenvalue weighted by atomic mass is 9.94. The molecule has 1 N–H and O–H groups in total. The summed E-state index contributed by atoms with van der Waals surface area (Å²) < 4.78 is 4.78. The summed E-state index contributed by atoms with van der Waals surface area (Å²) in [6, 6.07) is 9.77. The zero-order chi connectivity index (χ0) is 16.8. The summed E-state index contributed by atoms with van der Waals surface area (Å²) in [5.74, 6) is 0.559. The Kier molecular flexibility index (Phi) is 6.22. The van der Waals surface area contributed by atoms with Crippen molar-refractivity contribution in [3.8, 4) is 5.75 Å². The molecule has 2 aromatic rings. The van der Waals surface area contributed by atoms with Crippen molar-refractivity contribution in [3.05, 3.63) is 51.2 Å². The first kappa shape index (κ1) is 17.5. The first-order valence-corrected chi connectivity index (χ1v) is 8.89. The molecule has 4 heteroatoms. The molecule has 2 rings (SSSR count). The molecule has 0 aliphatic carbocycles. The van der Waals surface area contributed by atoms with Gasteiger partial charge in [0.05, 0.1) is 7.11 Å². The number of carbonyl (C=O) groups excluding carboxylic acids is 1. The third-order valence-corrected chi connectivity index (χ3v) is 5.44.